The summed E-state index contributed by atoms with van der Waals surface area (Å²) in [6, 6.07) is 15.7. The zero-order valence-corrected chi connectivity index (χ0v) is 16.9. The molecule has 0 radical (unpaired) electrons. The Morgan fingerprint density at radius 3 is 2.76 bits per heavy atom. The lowest BCUT2D eigenvalue weighted by Gasteiger charge is -2.26. The fraction of sp³-hybridized carbons (Fsp3) is 0.304. The zero-order chi connectivity index (χ0) is 20.4. The van der Waals surface area contributed by atoms with Gasteiger partial charge in [0.2, 0.25) is 0 Å². The Bertz CT molecular complexity index is 1040. The van der Waals surface area contributed by atoms with Gasteiger partial charge in [0.05, 0.1) is 26.0 Å². The lowest BCUT2D eigenvalue weighted by Crippen LogP contribution is -2.32. The molecule has 1 aliphatic carbocycles. The molecule has 1 N–H and O–H groups in total. The third kappa shape index (κ3) is 3.70. The van der Waals surface area contributed by atoms with Gasteiger partial charge in [-0.05, 0) is 48.6 Å². The predicted molar refractivity (Wildman–Crippen MR) is 111 cm³/mol. The van der Waals surface area contributed by atoms with Gasteiger partial charge >= 0.3 is 0 Å². The molecular formula is C23H25N3O3. The van der Waals surface area contributed by atoms with Crippen LogP contribution in [0.4, 0.5) is 0 Å². The van der Waals surface area contributed by atoms with E-state index in [4.69, 9.17) is 9.47 Å². The van der Waals surface area contributed by atoms with Gasteiger partial charge in [-0.2, -0.15) is 5.10 Å². The third-order valence-corrected chi connectivity index (χ3v) is 5.47. The molecule has 6 nitrogen and oxygen atoms in total. The van der Waals surface area contributed by atoms with Crippen molar-refractivity contribution in [1.82, 2.24) is 15.1 Å². The molecule has 0 bridgehead atoms. The van der Waals surface area contributed by atoms with E-state index >= 15 is 0 Å². The van der Waals surface area contributed by atoms with Crippen molar-refractivity contribution < 1.29 is 14.3 Å². The Morgan fingerprint density at radius 1 is 1.14 bits per heavy atom. The number of nitrogens with zero attached hydrogens (tertiary/aromatic N) is 2. The highest BCUT2D eigenvalue weighted by Gasteiger charge is 2.24. The van der Waals surface area contributed by atoms with Crippen LogP contribution in [0.5, 0.6) is 11.5 Å². The Balaban J connectivity index is 1.60. The van der Waals surface area contributed by atoms with Crippen molar-refractivity contribution in [2.45, 2.75) is 25.3 Å². The molecule has 0 aliphatic heterocycles. The van der Waals surface area contributed by atoms with E-state index in [-0.39, 0.29) is 11.9 Å². The number of carbonyl (C=O) groups excluding carboxylic acids is 1. The van der Waals surface area contributed by atoms with Gasteiger partial charge in [0.1, 0.15) is 17.2 Å². The lowest BCUT2D eigenvalue weighted by atomic mass is 9.87. The number of rotatable bonds is 5. The predicted octanol–water partition coefficient (Wildman–Crippen LogP) is 3.91. The average Bonchev–Trinajstić information content (AvgIpc) is 3.15. The van der Waals surface area contributed by atoms with Crippen LogP contribution in [0.2, 0.25) is 0 Å². The van der Waals surface area contributed by atoms with Gasteiger partial charge in [-0.1, -0.05) is 24.3 Å². The molecule has 0 spiro atoms. The second-order valence-electron chi connectivity index (χ2n) is 7.22. The maximum Gasteiger partial charge on any atom is 0.270 e. The average molecular weight is 391 g/mol. The number of amides is 1. The first-order valence-electron chi connectivity index (χ1n) is 9.76. The Morgan fingerprint density at radius 2 is 1.97 bits per heavy atom. The highest BCUT2D eigenvalue weighted by molar-refractivity contribution is 5.94. The first kappa shape index (κ1) is 19.1. The Kier molecular flexibility index (Phi) is 5.25. The van der Waals surface area contributed by atoms with Crippen LogP contribution >= 0.6 is 0 Å². The van der Waals surface area contributed by atoms with Gasteiger partial charge in [0, 0.05) is 18.7 Å². The van der Waals surface area contributed by atoms with Crippen LogP contribution in [-0.2, 0) is 13.5 Å². The molecule has 1 aliphatic rings. The van der Waals surface area contributed by atoms with E-state index in [1.807, 2.05) is 24.3 Å². The van der Waals surface area contributed by atoms with E-state index in [0.29, 0.717) is 22.9 Å². The molecule has 1 aromatic heterocycles. The fourth-order valence-electron chi connectivity index (χ4n) is 3.96. The number of hydrogen-bond donors (Lipinski definition) is 1. The second kappa shape index (κ2) is 7.99. The standard InChI is InChI=1S/C23H25N3O3/c1-26-21(14-20(25-26)18-12-11-16(28-2)13-22(18)29-3)23(27)24-19-10-6-8-15-7-4-5-9-17(15)19/h4-5,7,9,11-14,19H,6,8,10H2,1-3H3,(H,24,27)/t19-/m1/s1. The number of aromatic nitrogens is 2. The normalized spacial score (nSPS) is 15.5. The van der Waals surface area contributed by atoms with E-state index in [2.05, 4.69) is 28.6 Å². The summed E-state index contributed by atoms with van der Waals surface area (Å²) in [6.07, 6.45) is 3.08. The monoisotopic (exact) mass is 391 g/mol. The minimum absolute atomic E-state index is 0.0290. The maximum atomic E-state index is 13.0. The zero-order valence-electron chi connectivity index (χ0n) is 16.9. The molecule has 29 heavy (non-hydrogen) atoms. The molecule has 0 fully saturated rings. The summed E-state index contributed by atoms with van der Waals surface area (Å²) < 4.78 is 12.4. The number of benzene rings is 2. The maximum absolute atomic E-state index is 13.0. The minimum atomic E-state index is -0.125. The largest absolute Gasteiger partial charge is 0.497 e. The Hall–Kier alpha value is -3.28. The highest BCUT2D eigenvalue weighted by Crippen LogP contribution is 2.33. The van der Waals surface area contributed by atoms with E-state index in [9.17, 15) is 4.79 Å². The number of nitrogens with one attached hydrogen (secondary N) is 1. The third-order valence-electron chi connectivity index (χ3n) is 5.47. The van der Waals surface area contributed by atoms with E-state index in [1.54, 1.807) is 32.0 Å². The quantitative estimate of drug-likeness (QED) is 0.716. The van der Waals surface area contributed by atoms with Crippen molar-refractivity contribution in [1.29, 1.82) is 0 Å². The molecule has 6 heteroatoms. The van der Waals surface area contributed by atoms with Gasteiger partial charge in [0.25, 0.3) is 5.91 Å². The number of hydrogen-bond acceptors (Lipinski definition) is 4. The highest BCUT2D eigenvalue weighted by atomic mass is 16.5. The van der Waals surface area contributed by atoms with Crippen molar-refractivity contribution in [3.8, 4) is 22.8 Å². The van der Waals surface area contributed by atoms with Crippen LogP contribution in [0.3, 0.4) is 0 Å². The van der Waals surface area contributed by atoms with Gasteiger partial charge < -0.3 is 14.8 Å². The molecular weight excluding hydrogens is 366 g/mol. The number of aryl methyl sites for hydroxylation is 2. The summed E-state index contributed by atoms with van der Waals surface area (Å²) in [5.74, 6) is 1.23. The second-order valence-corrected chi connectivity index (χ2v) is 7.22. The molecule has 4 rings (SSSR count). The summed E-state index contributed by atoms with van der Waals surface area (Å²) in [4.78, 5) is 13.0. The SMILES string of the molecule is COc1ccc(-c2cc(C(=O)N[C@@H]3CCCc4ccccc43)n(C)n2)c(OC)c1. The first-order chi connectivity index (χ1) is 14.1. The summed E-state index contributed by atoms with van der Waals surface area (Å²) in [5.41, 5.74) is 4.54. The lowest BCUT2D eigenvalue weighted by molar-refractivity contribution is 0.0923. The van der Waals surface area contributed by atoms with Crippen LogP contribution in [-0.4, -0.2) is 29.9 Å². The number of methoxy groups -OCH3 is 2. The van der Waals surface area contributed by atoms with Crippen molar-refractivity contribution >= 4 is 5.91 Å². The summed E-state index contributed by atoms with van der Waals surface area (Å²) in [7, 11) is 5.00. The van der Waals surface area contributed by atoms with Crippen LogP contribution in [0.25, 0.3) is 11.3 Å². The van der Waals surface area contributed by atoms with Crippen LogP contribution in [0, 0.1) is 0 Å². The molecule has 2 aromatic carbocycles. The first-order valence-corrected chi connectivity index (χ1v) is 9.76. The van der Waals surface area contributed by atoms with Crippen molar-refractivity contribution in [3.05, 3.63) is 65.4 Å². The molecule has 0 unspecified atom stereocenters. The summed E-state index contributed by atoms with van der Waals surface area (Å²) in [6.45, 7) is 0. The van der Waals surface area contributed by atoms with Gasteiger partial charge in [-0.3, -0.25) is 9.48 Å². The molecule has 0 saturated carbocycles. The summed E-state index contributed by atoms with van der Waals surface area (Å²) in [5, 5.41) is 7.73. The molecule has 1 amide bonds. The van der Waals surface area contributed by atoms with Gasteiger partial charge in [-0.25, -0.2) is 0 Å². The van der Waals surface area contributed by atoms with Gasteiger partial charge in [0.15, 0.2) is 0 Å². The summed E-state index contributed by atoms with van der Waals surface area (Å²) >= 11 is 0. The number of fused-ring (bicyclic) bond motifs is 1. The van der Waals surface area contributed by atoms with Crippen LogP contribution in [0.15, 0.2) is 48.5 Å². The van der Waals surface area contributed by atoms with Crippen molar-refractivity contribution in [2.24, 2.45) is 7.05 Å². The minimum Gasteiger partial charge on any atom is -0.497 e. The van der Waals surface area contributed by atoms with Crippen molar-refractivity contribution in [2.75, 3.05) is 14.2 Å². The smallest absolute Gasteiger partial charge is 0.270 e. The Labute approximate surface area is 170 Å². The number of carbonyl (C=O) groups is 1. The topological polar surface area (TPSA) is 65.4 Å². The van der Waals surface area contributed by atoms with E-state index in [0.717, 1.165) is 24.8 Å². The molecule has 1 heterocycles. The number of ether oxygens (including phenoxy) is 2. The molecule has 3 aromatic rings. The molecule has 150 valence electrons. The fourth-order valence-corrected chi connectivity index (χ4v) is 3.96. The van der Waals surface area contributed by atoms with Crippen LogP contribution in [0.1, 0.15) is 40.5 Å². The molecule has 0 saturated heterocycles. The van der Waals surface area contributed by atoms with Crippen molar-refractivity contribution in [3.63, 3.8) is 0 Å². The van der Waals surface area contributed by atoms with E-state index in [1.165, 1.54) is 11.1 Å². The molecule has 1 atom stereocenters. The van der Waals surface area contributed by atoms with Gasteiger partial charge in [-0.15, -0.1) is 0 Å². The van der Waals surface area contributed by atoms with E-state index < -0.39 is 0 Å². The van der Waals surface area contributed by atoms with Crippen LogP contribution < -0.4 is 14.8 Å².